The Morgan fingerprint density at radius 3 is 1.87 bits per heavy atom. The van der Waals surface area contributed by atoms with E-state index in [1.165, 1.54) is 0 Å². The number of hydrogen-bond acceptors (Lipinski definition) is 7. The van der Waals surface area contributed by atoms with Crippen molar-refractivity contribution < 1.29 is 19.2 Å². The molecule has 0 radical (unpaired) electrons. The fraction of sp³-hybridized carbons (Fsp3) is 0.818. The summed E-state index contributed by atoms with van der Waals surface area (Å²) in [7, 11) is 3.61. The molecule has 0 saturated carbocycles. The van der Waals surface area contributed by atoms with E-state index in [2.05, 4.69) is 10.6 Å². The average Bonchev–Trinajstić information content (AvgIpc) is 3.34. The lowest BCUT2D eigenvalue weighted by Crippen LogP contribution is -2.55. The van der Waals surface area contributed by atoms with Gasteiger partial charge >= 0.3 is 0 Å². The van der Waals surface area contributed by atoms with Gasteiger partial charge in [0, 0.05) is 11.8 Å². The molecule has 2 N–H and O–H groups in total. The maximum absolute atomic E-state index is 12.1. The predicted molar refractivity (Wildman–Crippen MR) is 123 cm³/mol. The number of carbonyl (C=O) groups excluding carboxylic acids is 4. The molecule has 9 heteroatoms. The molecule has 6 atom stereocenters. The van der Waals surface area contributed by atoms with Crippen LogP contribution in [-0.4, -0.2) is 88.6 Å². The standard InChI is InChI=1S/C11H18N2O2.C10H16N2O2S.CH4/c1-7(14)10-6-4-8-3-5-9(12-2)11(15)13(8)10;1-6(13)8-5-15-9-4-3-7(11-2)10(14)12(8)9;/h8-10,12H,3-6H2,1-2H3;7-9,11H,3-5H2,1-2H3;1H4/t8-,9-,10-;7-,8-,9-;/m00./s1. The normalized spacial score (nSPS) is 34.3. The van der Waals surface area contributed by atoms with Crippen molar-refractivity contribution in [3.63, 3.8) is 0 Å². The van der Waals surface area contributed by atoms with Gasteiger partial charge in [-0.3, -0.25) is 19.2 Å². The van der Waals surface area contributed by atoms with E-state index >= 15 is 0 Å². The molecule has 0 unspecified atom stereocenters. The monoisotopic (exact) mass is 454 g/mol. The van der Waals surface area contributed by atoms with Crippen molar-refractivity contribution >= 4 is 35.1 Å². The summed E-state index contributed by atoms with van der Waals surface area (Å²) in [5.41, 5.74) is 0. The second-order valence-corrected chi connectivity index (χ2v) is 9.81. The first-order valence-electron chi connectivity index (χ1n) is 10.9. The molecule has 4 fully saturated rings. The lowest BCUT2D eigenvalue weighted by molar-refractivity contribution is -0.143. The number of carbonyl (C=O) groups is 4. The smallest absolute Gasteiger partial charge is 0.241 e. The van der Waals surface area contributed by atoms with Crippen LogP contribution in [0.3, 0.4) is 0 Å². The number of nitrogens with one attached hydrogen (secondary N) is 2. The number of fused-ring (bicyclic) bond motifs is 2. The van der Waals surface area contributed by atoms with Crippen LogP contribution in [0.15, 0.2) is 0 Å². The highest BCUT2D eigenvalue weighted by Crippen LogP contribution is 2.36. The summed E-state index contributed by atoms with van der Waals surface area (Å²) >= 11 is 1.74. The van der Waals surface area contributed by atoms with E-state index in [-0.39, 0.29) is 60.3 Å². The van der Waals surface area contributed by atoms with Gasteiger partial charge in [0.2, 0.25) is 11.8 Å². The molecule has 0 spiro atoms. The molecule has 4 rings (SSSR count). The fourth-order valence-electron chi connectivity index (χ4n) is 5.10. The number of hydrogen-bond donors (Lipinski definition) is 2. The van der Waals surface area contributed by atoms with Gasteiger partial charge < -0.3 is 20.4 Å². The van der Waals surface area contributed by atoms with Gasteiger partial charge in [-0.1, -0.05) is 7.43 Å². The Kier molecular flexibility index (Phi) is 9.09. The van der Waals surface area contributed by atoms with E-state index in [0.29, 0.717) is 6.04 Å². The van der Waals surface area contributed by atoms with Gasteiger partial charge in [-0.25, -0.2) is 0 Å². The largest absolute Gasteiger partial charge is 0.328 e. The molecule has 4 saturated heterocycles. The number of piperidine rings is 2. The maximum Gasteiger partial charge on any atom is 0.241 e. The van der Waals surface area contributed by atoms with Crippen LogP contribution in [0.1, 0.15) is 59.8 Å². The minimum atomic E-state index is -0.191. The number of nitrogens with zero attached hydrogens (tertiary/aromatic N) is 2. The van der Waals surface area contributed by atoms with E-state index in [1.54, 1.807) is 37.6 Å². The van der Waals surface area contributed by atoms with Crippen molar-refractivity contribution in [3.8, 4) is 0 Å². The summed E-state index contributed by atoms with van der Waals surface area (Å²) in [6.07, 6.45) is 5.65. The molecule has 0 bridgehead atoms. The number of thioether (sulfide) groups is 1. The summed E-state index contributed by atoms with van der Waals surface area (Å²) in [4.78, 5) is 50.6. The average molecular weight is 455 g/mol. The number of ketones is 2. The van der Waals surface area contributed by atoms with Crippen LogP contribution in [0.4, 0.5) is 0 Å². The Morgan fingerprint density at radius 1 is 0.806 bits per heavy atom. The minimum Gasteiger partial charge on any atom is -0.328 e. The topological polar surface area (TPSA) is 98.8 Å². The molecule has 31 heavy (non-hydrogen) atoms. The first-order valence-corrected chi connectivity index (χ1v) is 12.0. The third-order valence-corrected chi connectivity index (χ3v) is 8.18. The van der Waals surface area contributed by atoms with E-state index < -0.39 is 0 Å². The molecule has 0 aromatic heterocycles. The summed E-state index contributed by atoms with van der Waals surface area (Å²) in [5, 5.41) is 6.27. The fourth-order valence-corrected chi connectivity index (χ4v) is 6.62. The van der Waals surface area contributed by atoms with E-state index in [9.17, 15) is 19.2 Å². The highest BCUT2D eigenvalue weighted by atomic mass is 32.2. The second kappa shape index (κ2) is 10.9. The van der Waals surface area contributed by atoms with Gasteiger partial charge in [-0.15, -0.1) is 11.8 Å². The van der Waals surface area contributed by atoms with Crippen molar-refractivity contribution in [2.75, 3.05) is 19.8 Å². The molecule has 0 aromatic rings. The van der Waals surface area contributed by atoms with Gasteiger partial charge in [0.15, 0.2) is 11.6 Å². The van der Waals surface area contributed by atoms with Gasteiger partial charge in [0.05, 0.1) is 23.5 Å². The molecule has 8 nitrogen and oxygen atoms in total. The molecule has 176 valence electrons. The summed E-state index contributed by atoms with van der Waals surface area (Å²) in [5.74, 6) is 1.21. The molecule has 0 aliphatic carbocycles. The lowest BCUT2D eigenvalue weighted by atomic mass is 9.98. The van der Waals surface area contributed by atoms with Crippen molar-refractivity contribution in [1.29, 1.82) is 0 Å². The first-order chi connectivity index (χ1) is 14.3. The Bertz CT molecular complexity index is 645. The first kappa shape index (κ1) is 25.8. The number of amides is 2. The Labute approximate surface area is 190 Å². The zero-order chi connectivity index (χ0) is 22.0. The van der Waals surface area contributed by atoms with Crippen molar-refractivity contribution in [3.05, 3.63) is 0 Å². The molecular weight excluding hydrogens is 416 g/mol. The van der Waals surface area contributed by atoms with Crippen LogP contribution in [-0.2, 0) is 19.2 Å². The van der Waals surface area contributed by atoms with Crippen molar-refractivity contribution in [2.24, 2.45) is 0 Å². The second-order valence-electron chi connectivity index (χ2n) is 8.60. The Hall–Kier alpha value is -1.45. The van der Waals surface area contributed by atoms with Crippen LogP contribution in [0, 0.1) is 0 Å². The Balaban J connectivity index is 0.000000213. The molecule has 0 aromatic carbocycles. The third kappa shape index (κ3) is 5.14. The minimum absolute atomic E-state index is 0. The zero-order valence-corrected chi connectivity index (χ0v) is 19.2. The van der Waals surface area contributed by atoms with Crippen LogP contribution >= 0.6 is 11.8 Å². The maximum atomic E-state index is 12.1. The highest BCUT2D eigenvalue weighted by Gasteiger charge is 2.45. The van der Waals surface area contributed by atoms with Crippen LogP contribution in [0.25, 0.3) is 0 Å². The molecule has 4 aliphatic rings. The van der Waals surface area contributed by atoms with Crippen LogP contribution in [0.5, 0.6) is 0 Å². The zero-order valence-electron chi connectivity index (χ0n) is 18.3. The van der Waals surface area contributed by atoms with E-state index in [4.69, 9.17) is 0 Å². The number of Topliss-reactive ketones (excluding diaryl/α,β-unsaturated/α-hetero) is 2. The number of likely N-dealkylation sites (N-methyl/N-ethyl adjacent to an activating group) is 2. The van der Waals surface area contributed by atoms with Crippen LogP contribution < -0.4 is 10.6 Å². The van der Waals surface area contributed by atoms with Gasteiger partial charge in [0.1, 0.15) is 6.04 Å². The highest BCUT2D eigenvalue weighted by molar-refractivity contribution is 8.00. The van der Waals surface area contributed by atoms with E-state index in [0.717, 1.165) is 44.3 Å². The van der Waals surface area contributed by atoms with Gasteiger partial charge in [0.25, 0.3) is 0 Å². The SMILES string of the molecule is C.CN[C@H]1CC[C@@H]2SC[C@@H](C(C)=O)N2C1=O.CN[C@H]1CC[C@H]2CC[C@@H](C(C)=O)N2C1=O. The van der Waals surface area contributed by atoms with Gasteiger partial charge in [-0.2, -0.15) is 0 Å². The quantitative estimate of drug-likeness (QED) is 0.658. The molecule has 4 heterocycles. The van der Waals surface area contributed by atoms with E-state index in [1.807, 2.05) is 11.9 Å². The van der Waals surface area contributed by atoms with Crippen molar-refractivity contribution in [2.45, 2.75) is 95.4 Å². The summed E-state index contributed by atoms with van der Waals surface area (Å²) in [6, 6.07) is -0.207. The lowest BCUT2D eigenvalue weighted by Gasteiger charge is -2.37. The van der Waals surface area contributed by atoms with Crippen LogP contribution in [0.2, 0.25) is 0 Å². The Morgan fingerprint density at radius 2 is 1.32 bits per heavy atom. The number of rotatable bonds is 4. The van der Waals surface area contributed by atoms with Crippen molar-refractivity contribution in [1.82, 2.24) is 20.4 Å². The predicted octanol–water partition coefficient (Wildman–Crippen LogP) is 1.18. The molecular formula is C22H38N4O4S. The molecule has 4 aliphatic heterocycles. The summed E-state index contributed by atoms with van der Waals surface area (Å²) < 4.78 is 0. The summed E-state index contributed by atoms with van der Waals surface area (Å²) in [6.45, 7) is 3.16. The van der Waals surface area contributed by atoms with Gasteiger partial charge in [-0.05, 0) is 66.5 Å². The molecule has 2 amide bonds. The third-order valence-electron chi connectivity index (χ3n) is 6.83.